The molecule has 3 aromatic heterocycles. The van der Waals surface area contributed by atoms with Crippen molar-refractivity contribution in [3.63, 3.8) is 0 Å². The molecule has 1 N–H and O–H groups in total. The van der Waals surface area contributed by atoms with Gasteiger partial charge in [0.15, 0.2) is 0 Å². The summed E-state index contributed by atoms with van der Waals surface area (Å²) in [6.45, 7) is 4.83. The maximum Gasteiger partial charge on any atom is 0.265 e. The van der Waals surface area contributed by atoms with Gasteiger partial charge in [0.25, 0.3) is 5.91 Å². The molecule has 1 aliphatic rings. The Hall–Kier alpha value is -2.77. The van der Waals surface area contributed by atoms with E-state index in [4.69, 9.17) is 0 Å². The van der Waals surface area contributed by atoms with Crippen LogP contribution >= 0.6 is 11.3 Å². The molecule has 0 spiro atoms. The van der Waals surface area contributed by atoms with Crippen molar-refractivity contribution in [3.05, 3.63) is 70.8 Å². The Labute approximate surface area is 168 Å². The third kappa shape index (κ3) is 4.74. The third-order valence-corrected chi connectivity index (χ3v) is 5.64. The summed E-state index contributed by atoms with van der Waals surface area (Å²) >= 11 is 1.43. The average molecular weight is 394 g/mol. The summed E-state index contributed by atoms with van der Waals surface area (Å²) in [6, 6.07) is 13.7. The summed E-state index contributed by atoms with van der Waals surface area (Å²) < 4.78 is 0. The highest BCUT2D eigenvalue weighted by Crippen LogP contribution is 2.18. The van der Waals surface area contributed by atoms with Crippen LogP contribution in [0.3, 0.4) is 0 Å². The highest BCUT2D eigenvalue weighted by molar-refractivity contribution is 7.12. The molecule has 1 amide bonds. The van der Waals surface area contributed by atoms with E-state index in [0.717, 1.165) is 50.7 Å². The van der Waals surface area contributed by atoms with E-state index in [9.17, 15) is 4.79 Å². The lowest BCUT2D eigenvalue weighted by Crippen LogP contribution is -2.31. The number of amides is 1. The molecule has 0 unspecified atom stereocenters. The Balaban J connectivity index is 1.33. The Morgan fingerprint density at radius 3 is 2.75 bits per heavy atom. The van der Waals surface area contributed by atoms with E-state index in [2.05, 4.69) is 31.2 Å². The first-order valence-corrected chi connectivity index (χ1v) is 10.3. The molecule has 0 radical (unpaired) electrons. The van der Waals surface area contributed by atoms with Crippen LogP contribution in [-0.4, -0.2) is 47.0 Å². The smallest absolute Gasteiger partial charge is 0.265 e. The lowest BCUT2D eigenvalue weighted by molar-refractivity contribution is 0.103. The number of carbonyl (C=O) groups excluding carboxylic acids is 1. The van der Waals surface area contributed by atoms with Gasteiger partial charge < -0.3 is 10.2 Å². The van der Waals surface area contributed by atoms with Crippen molar-refractivity contribution in [2.24, 2.45) is 0 Å². The second kappa shape index (κ2) is 8.95. The zero-order valence-electron chi connectivity index (χ0n) is 15.6. The Morgan fingerprint density at radius 2 is 2.00 bits per heavy atom. The Bertz CT molecular complexity index is 883. The van der Waals surface area contributed by atoms with E-state index in [0.29, 0.717) is 10.6 Å². The maximum atomic E-state index is 12.1. The third-order valence-electron chi connectivity index (χ3n) is 4.77. The number of aromatic nitrogens is 2. The number of nitrogens with one attached hydrogen (secondary N) is 1. The first kappa shape index (κ1) is 18.6. The van der Waals surface area contributed by atoms with Gasteiger partial charge >= 0.3 is 0 Å². The van der Waals surface area contributed by atoms with Gasteiger partial charge in [0.1, 0.15) is 5.82 Å². The molecule has 0 saturated carbocycles. The molecule has 4 rings (SSSR count). The van der Waals surface area contributed by atoms with Crippen molar-refractivity contribution >= 4 is 28.7 Å². The van der Waals surface area contributed by atoms with Crippen molar-refractivity contribution < 1.29 is 4.79 Å². The van der Waals surface area contributed by atoms with E-state index in [-0.39, 0.29) is 5.91 Å². The van der Waals surface area contributed by atoms with Gasteiger partial charge in [-0.3, -0.25) is 14.7 Å². The standard InChI is InChI=1S/C21H23N5OS/c27-21(19-6-3-14-28-19)24-17-7-8-20(23-15-17)26-11-4-10-25(12-13-26)16-18-5-1-2-9-22-18/h1-3,5-9,14-15H,4,10-13,16H2,(H,24,27). The number of thiophene rings is 1. The molecule has 7 heteroatoms. The van der Waals surface area contributed by atoms with Gasteiger partial charge in [-0.05, 0) is 42.1 Å². The summed E-state index contributed by atoms with van der Waals surface area (Å²) in [5.41, 5.74) is 1.83. The fraction of sp³-hybridized carbons (Fsp3) is 0.286. The average Bonchev–Trinajstić information content (AvgIpc) is 3.17. The molecule has 4 heterocycles. The molecular weight excluding hydrogens is 370 g/mol. The van der Waals surface area contributed by atoms with Crippen LogP contribution in [0.5, 0.6) is 0 Å². The maximum absolute atomic E-state index is 12.1. The molecular formula is C21H23N5OS. The van der Waals surface area contributed by atoms with Crippen LogP contribution < -0.4 is 10.2 Å². The fourth-order valence-electron chi connectivity index (χ4n) is 3.33. The number of hydrogen-bond acceptors (Lipinski definition) is 6. The predicted molar refractivity (Wildman–Crippen MR) is 113 cm³/mol. The van der Waals surface area contributed by atoms with Gasteiger partial charge in [0, 0.05) is 38.9 Å². The number of anilines is 2. The van der Waals surface area contributed by atoms with Gasteiger partial charge in [-0.2, -0.15) is 0 Å². The van der Waals surface area contributed by atoms with Crippen molar-refractivity contribution in [2.75, 3.05) is 36.4 Å². The number of carbonyl (C=O) groups is 1. The number of nitrogens with zero attached hydrogens (tertiary/aromatic N) is 4. The van der Waals surface area contributed by atoms with E-state index >= 15 is 0 Å². The predicted octanol–water partition coefficient (Wildman–Crippen LogP) is 3.50. The van der Waals surface area contributed by atoms with Crippen molar-refractivity contribution in [3.8, 4) is 0 Å². The van der Waals surface area contributed by atoms with Crippen molar-refractivity contribution in [1.29, 1.82) is 0 Å². The monoisotopic (exact) mass is 393 g/mol. The van der Waals surface area contributed by atoms with Gasteiger partial charge in [-0.25, -0.2) is 4.98 Å². The van der Waals surface area contributed by atoms with Crippen LogP contribution in [0.15, 0.2) is 60.2 Å². The largest absolute Gasteiger partial charge is 0.355 e. The van der Waals surface area contributed by atoms with Crippen LogP contribution in [0, 0.1) is 0 Å². The second-order valence-corrected chi connectivity index (χ2v) is 7.72. The van der Waals surface area contributed by atoms with Crippen LogP contribution in [0.2, 0.25) is 0 Å². The summed E-state index contributed by atoms with van der Waals surface area (Å²) in [5, 5.41) is 4.79. The van der Waals surface area contributed by atoms with Crippen molar-refractivity contribution in [2.45, 2.75) is 13.0 Å². The molecule has 1 aliphatic heterocycles. The molecule has 0 atom stereocenters. The van der Waals surface area contributed by atoms with E-state index in [1.54, 1.807) is 6.20 Å². The molecule has 28 heavy (non-hydrogen) atoms. The van der Waals surface area contributed by atoms with Crippen LogP contribution in [0.25, 0.3) is 0 Å². The number of pyridine rings is 2. The minimum atomic E-state index is -0.0931. The quantitative estimate of drug-likeness (QED) is 0.719. The molecule has 6 nitrogen and oxygen atoms in total. The highest BCUT2D eigenvalue weighted by atomic mass is 32.1. The van der Waals surface area contributed by atoms with Gasteiger partial charge in [0.05, 0.1) is 22.5 Å². The fourth-order valence-corrected chi connectivity index (χ4v) is 3.95. The summed E-state index contributed by atoms with van der Waals surface area (Å²) in [7, 11) is 0. The molecule has 1 fully saturated rings. The summed E-state index contributed by atoms with van der Waals surface area (Å²) in [6.07, 6.45) is 4.67. The molecule has 1 saturated heterocycles. The van der Waals surface area contributed by atoms with Crippen LogP contribution in [0.1, 0.15) is 21.8 Å². The van der Waals surface area contributed by atoms with Crippen LogP contribution in [-0.2, 0) is 6.54 Å². The molecule has 144 valence electrons. The van der Waals surface area contributed by atoms with Gasteiger partial charge in [-0.15, -0.1) is 11.3 Å². The topological polar surface area (TPSA) is 61.4 Å². The summed E-state index contributed by atoms with van der Waals surface area (Å²) in [4.78, 5) is 26.6. The molecule has 3 aromatic rings. The van der Waals surface area contributed by atoms with E-state index < -0.39 is 0 Å². The molecule has 0 bridgehead atoms. The lowest BCUT2D eigenvalue weighted by atomic mass is 10.3. The molecule has 0 aliphatic carbocycles. The summed E-state index contributed by atoms with van der Waals surface area (Å²) in [5.74, 6) is 0.860. The second-order valence-electron chi connectivity index (χ2n) is 6.77. The Kier molecular flexibility index (Phi) is 5.94. The normalized spacial score (nSPS) is 15.2. The van der Waals surface area contributed by atoms with Crippen molar-refractivity contribution in [1.82, 2.24) is 14.9 Å². The molecule has 0 aromatic carbocycles. The number of rotatable bonds is 5. The first-order chi connectivity index (χ1) is 13.8. The number of hydrogen-bond donors (Lipinski definition) is 1. The van der Waals surface area contributed by atoms with Gasteiger partial charge in [-0.1, -0.05) is 12.1 Å². The minimum absolute atomic E-state index is 0.0931. The highest BCUT2D eigenvalue weighted by Gasteiger charge is 2.16. The van der Waals surface area contributed by atoms with E-state index in [1.807, 2.05) is 48.0 Å². The van der Waals surface area contributed by atoms with Crippen LogP contribution in [0.4, 0.5) is 11.5 Å². The zero-order chi connectivity index (χ0) is 19.2. The zero-order valence-corrected chi connectivity index (χ0v) is 16.4. The first-order valence-electron chi connectivity index (χ1n) is 9.46. The van der Waals surface area contributed by atoms with E-state index in [1.165, 1.54) is 11.3 Å². The Morgan fingerprint density at radius 1 is 1.04 bits per heavy atom. The minimum Gasteiger partial charge on any atom is -0.355 e. The van der Waals surface area contributed by atoms with Gasteiger partial charge in [0.2, 0.25) is 0 Å². The SMILES string of the molecule is O=C(Nc1ccc(N2CCCN(Cc3ccccn3)CC2)nc1)c1cccs1. The lowest BCUT2D eigenvalue weighted by Gasteiger charge is -2.22.